The lowest BCUT2D eigenvalue weighted by Gasteiger charge is -2.38. The SMILES string of the molecule is CCCc1nc2c(n1C1(C)CCCCC1)CCNC2. The molecule has 0 aromatic carbocycles. The summed E-state index contributed by atoms with van der Waals surface area (Å²) in [7, 11) is 0. The van der Waals surface area contributed by atoms with Gasteiger partial charge in [0, 0.05) is 37.2 Å². The van der Waals surface area contributed by atoms with Gasteiger partial charge in [0.25, 0.3) is 0 Å². The summed E-state index contributed by atoms with van der Waals surface area (Å²) in [5.41, 5.74) is 3.19. The minimum absolute atomic E-state index is 0.334. The van der Waals surface area contributed by atoms with Gasteiger partial charge < -0.3 is 9.88 Å². The Labute approximate surface area is 116 Å². The first-order chi connectivity index (χ1) is 9.24. The van der Waals surface area contributed by atoms with Crippen LogP contribution in [-0.4, -0.2) is 16.1 Å². The van der Waals surface area contributed by atoms with E-state index < -0.39 is 0 Å². The van der Waals surface area contributed by atoms with Crippen LogP contribution in [0.2, 0.25) is 0 Å². The van der Waals surface area contributed by atoms with Crippen molar-refractivity contribution in [1.82, 2.24) is 14.9 Å². The summed E-state index contributed by atoms with van der Waals surface area (Å²) in [5.74, 6) is 1.35. The Morgan fingerprint density at radius 3 is 2.79 bits per heavy atom. The summed E-state index contributed by atoms with van der Waals surface area (Å²) in [6.07, 6.45) is 10.3. The first-order valence-electron chi connectivity index (χ1n) is 8.05. The van der Waals surface area contributed by atoms with Crippen molar-refractivity contribution >= 4 is 0 Å². The largest absolute Gasteiger partial charge is 0.326 e. The maximum absolute atomic E-state index is 4.96. The minimum atomic E-state index is 0.334. The number of fused-ring (bicyclic) bond motifs is 1. The summed E-state index contributed by atoms with van der Waals surface area (Å²) < 4.78 is 2.66. The molecule has 106 valence electrons. The van der Waals surface area contributed by atoms with E-state index in [2.05, 4.69) is 23.7 Å². The average Bonchev–Trinajstić information content (AvgIpc) is 2.78. The molecule has 0 radical (unpaired) electrons. The summed E-state index contributed by atoms with van der Waals surface area (Å²) in [6, 6.07) is 0. The number of nitrogens with one attached hydrogen (secondary N) is 1. The average molecular weight is 261 g/mol. The lowest BCUT2D eigenvalue weighted by atomic mass is 9.82. The molecule has 0 amide bonds. The predicted molar refractivity (Wildman–Crippen MR) is 78.4 cm³/mol. The minimum Gasteiger partial charge on any atom is -0.326 e. The summed E-state index contributed by atoms with van der Waals surface area (Å²) in [6.45, 7) is 6.81. The number of hydrogen-bond acceptors (Lipinski definition) is 2. The van der Waals surface area contributed by atoms with Crippen LogP contribution in [0.3, 0.4) is 0 Å². The highest BCUT2D eigenvalue weighted by Gasteiger charge is 2.34. The van der Waals surface area contributed by atoms with Crippen molar-refractivity contribution in [2.24, 2.45) is 0 Å². The van der Waals surface area contributed by atoms with Crippen LogP contribution in [0.5, 0.6) is 0 Å². The molecule has 0 atom stereocenters. The second-order valence-corrected chi connectivity index (χ2v) is 6.49. The fourth-order valence-corrected chi connectivity index (χ4v) is 3.93. The number of rotatable bonds is 3. The van der Waals surface area contributed by atoms with E-state index in [0.29, 0.717) is 5.54 Å². The van der Waals surface area contributed by atoms with Gasteiger partial charge >= 0.3 is 0 Å². The molecule has 19 heavy (non-hydrogen) atoms. The Morgan fingerprint density at radius 2 is 2.05 bits per heavy atom. The lowest BCUT2D eigenvalue weighted by Crippen LogP contribution is -2.37. The van der Waals surface area contributed by atoms with Gasteiger partial charge in [-0.3, -0.25) is 0 Å². The molecular formula is C16H27N3. The van der Waals surface area contributed by atoms with Crippen LogP contribution < -0.4 is 5.32 Å². The molecule has 0 unspecified atom stereocenters. The van der Waals surface area contributed by atoms with E-state index in [1.54, 1.807) is 0 Å². The molecule has 3 heteroatoms. The van der Waals surface area contributed by atoms with Crippen molar-refractivity contribution in [1.29, 1.82) is 0 Å². The molecule has 0 spiro atoms. The molecule has 1 aromatic rings. The third-order valence-corrected chi connectivity index (χ3v) is 4.90. The maximum atomic E-state index is 4.96. The Hall–Kier alpha value is -0.830. The van der Waals surface area contributed by atoms with Crippen molar-refractivity contribution < 1.29 is 0 Å². The van der Waals surface area contributed by atoms with Crippen LogP contribution in [0.1, 0.15) is 69.6 Å². The Kier molecular flexibility index (Phi) is 3.66. The van der Waals surface area contributed by atoms with Crippen molar-refractivity contribution in [2.45, 2.75) is 77.3 Å². The molecule has 0 saturated heterocycles. The molecule has 1 saturated carbocycles. The normalized spacial score (nSPS) is 22.2. The van der Waals surface area contributed by atoms with Gasteiger partial charge in [-0.2, -0.15) is 0 Å². The summed E-state index contributed by atoms with van der Waals surface area (Å²) >= 11 is 0. The fraction of sp³-hybridized carbons (Fsp3) is 0.812. The number of imidazole rings is 1. The van der Waals surface area contributed by atoms with Gasteiger partial charge in [0.15, 0.2) is 0 Å². The Bertz CT molecular complexity index is 441. The third kappa shape index (κ3) is 2.33. The highest BCUT2D eigenvalue weighted by molar-refractivity contribution is 5.23. The van der Waals surface area contributed by atoms with E-state index in [0.717, 1.165) is 25.9 Å². The molecule has 1 aromatic heterocycles. The van der Waals surface area contributed by atoms with E-state index in [1.165, 1.54) is 55.7 Å². The second kappa shape index (κ2) is 5.28. The molecular weight excluding hydrogens is 234 g/mol. The van der Waals surface area contributed by atoms with Gasteiger partial charge in [-0.1, -0.05) is 26.2 Å². The zero-order valence-electron chi connectivity index (χ0n) is 12.5. The molecule has 3 nitrogen and oxygen atoms in total. The van der Waals surface area contributed by atoms with Crippen LogP contribution in [-0.2, 0) is 24.9 Å². The number of hydrogen-bond donors (Lipinski definition) is 1. The number of aryl methyl sites for hydroxylation is 1. The van der Waals surface area contributed by atoms with Crippen molar-refractivity contribution in [3.8, 4) is 0 Å². The monoisotopic (exact) mass is 261 g/mol. The number of aromatic nitrogens is 2. The van der Waals surface area contributed by atoms with Crippen molar-refractivity contribution in [3.63, 3.8) is 0 Å². The molecule has 1 fully saturated rings. The van der Waals surface area contributed by atoms with Gasteiger partial charge in [-0.05, 0) is 26.2 Å². The zero-order valence-corrected chi connectivity index (χ0v) is 12.5. The van der Waals surface area contributed by atoms with Crippen molar-refractivity contribution in [2.75, 3.05) is 6.54 Å². The topological polar surface area (TPSA) is 29.9 Å². The van der Waals surface area contributed by atoms with Crippen LogP contribution in [0.15, 0.2) is 0 Å². The highest BCUT2D eigenvalue weighted by atomic mass is 15.2. The Balaban J connectivity index is 2.03. The molecule has 2 heterocycles. The fourth-order valence-electron chi connectivity index (χ4n) is 3.93. The first-order valence-corrected chi connectivity index (χ1v) is 8.05. The highest BCUT2D eigenvalue weighted by Crippen LogP contribution is 2.38. The molecule has 0 bridgehead atoms. The molecule has 3 rings (SSSR count). The maximum Gasteiger partial charge on any atom is 0.109 e. The van der Waals surface area contributed by atoms with Gasteiger partial charge in [-0.25, -0.2) is 4.98 Å². The summed E-state index contributed by atoms with van der Waals surface area (Å²) in [5, 5.41) is 3.46. The standard InChI is InChI=1S/C16H27N3/c1-3-7-15-18-13-12-17-11-8-14(13)19(15)16(2)9-5-4-6-10-16/h17H,3-12H2,1-2H3. The van der Waals surface area contributed by atoms with Gasteiger partial charge in [0.2, 0.25) is 0 Å². The van der Waals surface area contributed by atoms with E-state index in [-0.39, 0.29) is 0 Å². The first kappa shape index (κ1) is 13.2. The lowest BCUT2D eigenvalue weighted by molar-refractivity contribution is 0.207. The van der Waals surface area contributed by atoms with Crippen LogP contribution in [0.25, 0.3) is 0 Å². The van der Waals surface area contributed by atoms with Crippen LogP contribution in [0.4, 0.5) is 0 Å². The van der Waals surface area contributed by atoms with E-state index in [9.17, 15) is 0 Å². The van der Waals surface area contributed by atoms with Crippen molar-refractivity contribution in [3.05, 3.63) is 17.2 Å². The van der Waals surface area contributed by atoms with Gasteiger partial charge in [0.1, 0.15) is 5.82 Å². The third-order valence-electron chi connectivity index (χ3n) is 4.90. The second-order valence-electron chi connectivity index (χ2n) is 6.49. The molecule has 1 N–H and O–H groups in total. The molecule has 1 aliphatic heterocycles. The quantitative estimate of drug-likeness (QED) is 0.906. The van der Waals surface area contributed by atoms with Crippen LogP contribution >= 0.6 is 0 Å². The van der Waals surface area contributed by atoms with E-state index >= 15 is 0 Å². The predicted octanol–water partition coefficient (Wildman–Crippen LogP) is 3.16. The van der Waals surface area contributed by atoms with E-state index in [4.69, 9.17) is 4.98 Å². The summed E-state index contributed by atoms with van der Waals surface area (Å²) in [4.78, 5) is 4.96. The molecule has 1 aliphatic carbocycles. The van der Waals surface area contributed by atoms with E-state index in [1.807, 2.05) is 0 Å². The zero-order chi connectivity index (χ0) is 13.3. The smallest absolute Gasteiger partial charge is 0.109 e. The van der Waals surface area contributed by atoms with Gasteiger partial charge in [0.05, 0.1) is 5.69 Å². The Morgan fingerprint density at radius 1 is 1.26 bits per heavy atom. The molecule has 2 aliphatic rings. The van der Waals surface area contributed by atoms with Gasteiger partial charge in [-0.15, -0.1) is 0 Å². The number of nitrogens with zero attached hydrogens (tertiary/aromatic N) is 2. The van der Waals surface area contributed by atoms with Crippen LogP contribution in [0, 0.1) is 0 Å².